The van der Waals surface area contributed by atoms with Crippen LogP contribution in [-0.2, 0) is 4.79 Å². The van der Waals surface area contributed by atoms with Gasteiger partial charge in [-0.2, -0.15) is 0 Å². The molecule has 3 fully saturated rings. The zero-order chi connectivity index (χ0) is 16.6. The van der Waals surface area contributed by atoms with Gasteiger partial charge in [0.05, 0.1) is 11.7 Å². The maximum Gasteiger partial charge on any atom is 0.184 e. The van der Waals surface area contributed by atoms with Crippen molar-refractivity contribution in [3.63, 3.8) is 0 Å². The number of aliphatic hydroxyl groups excluding tert-OH is 2. The van der Waals surface area contributed by atoms with Gasteiger partial charge in [0.1, 0.15) is 6.10 Å². The minimum Gasteiger partial charge on any atom is -0.393 e. The van der Waals surface area contributed by atoms with Crippen LogP contribution in [0.3, 0.4) is 0 Å². The van der Waals surface area contributed by atoms with E-state index in [-0.39, 0.29) is 23.0 Å². The Morgan fingerprint density at radius 3 is 2.70 bits per heavy atom. The number of hydrogen-bond donors (Lipinski definition) is 3. The Morgan fingerprint density at radius 1 is 1.22 bits per heavy atom. The van der Waals surface area contributed by atoms with Gasteiger partial charge >= 0.3 is 0 Å². The number of carbonyl (C=O) groups is 1. The third kappa shape index (κ3) is 2.04. The SMILES string of the molecule is C[C@]1(O)CC[C@H]2[C@@H]3CCC4=CC(=O)[C@H](O)C[C@@H]4[C@H]3[C@@H](O)C[C@@]21C. The molecule has 0 spiro atoms. The summed E-state index contributed by atoms with van der Waals surface area (Å²) in [5.41, 5.74) is 0.202. The van der Waals surface area contributed by atoms with E-state index in [2.05, 4.69) is 6.92 Å². The van der Waals surface area contributed by atoms with Gasteiger partial charge in [0.25, 0.3) is 0 Å². The van der Waals surface area contributed by atoms with Crippen LogP contribution in [0.2, 0.25) is 0 Å². The van der Waals surface area contributed by atoms with Crippen molar-refractivity contribution >= 4 is 5.78 Å². The largest absolute Gasteiger partial charge is 0.393 e. The van der Waals surface area contributed by atoms with Crippen molar-refractivity contribution in [2.45, 2.75) is 70.2 Å². The lowest BCUT2D eigenvalue weighted by atomic mass is 9.49. The van der Waals surface area contributed by atoms with Gasteiger partial charge in [-0.25, -0.2) is 0 Å². The molecule has 23 heavy (non-hydrogen) atoms. The number of allylic oxidation sites excluding steroid dienone is 1. The first-order valence-corrected chi connectivity index (χ1v) is 9.07. The molecular formula is C19H28O4. The smallest absolute Gasteiger partial charge is 0.184 e. The average Bonchev–Trinajstić information content (AvgIpc) is 2.70. The topological polar surface area (TPSA) is 77.8 Å². The number of rotatable bonds is 0. The number of ketones is 1. The fourth-order valence-electron chi connectivity index (χ4n) is 6.47. The molecule has 8 atom stereocenters. The van der Waals surface area contributed by atoms with Crippen LogP contribution < -0.4 is 0 Å². The molecule has 0 aliphatic heterocycles. The third-order valence-electron chi connectivity index (χ3n) is 7.92. The minimum absolute atomic E-state index is 0.129. The van der Waals surface area contributed by atoms with Crippen molar-refractivity contribution in [1.29, 1.82) is 0 Å². The van der Waals surface area contributed by atoms with Gasteiger partial charge in [-0.3, -0.25) is 4.79 Å². The van der Waals surface area contributed by atoms with Crippen LogP contribution in [0.4, 0.5) is 0 Å². The van der Waals surface area contributed by atoms with Gasteiger partial charge in [-0.1, -0.05) is 12.5 Å². The van der Waals surface area contributed by atoms with E-state index in [1.807, 2.05) is 6.92 Å². The number of aliphatic hydroxyl groups is 3. The lowest BCUT2D eigenvalue weighted by Crippen LogP contribution is -2.57. The van der Waals surface area contributed by atoms with Crippen LogP contribution in [0, 0.1) is 29.1 Å². The Labute approximate surface area is 137 Å². The maximum absolute atomic E-state index is 11.8. The molecule has 0 unspecified atom stereocenters. The predicted molar refractivity (Wildman–Crippen MR) is 85.5 cm³/mol. The molecule has 0 bridgehead atoms. The molecule has 4 rings (SSSR count). The fraction of sp³-hybridized carbons (Fsp3) is 0.842. The first-order chi connectivity index (χ1) is 10.7. The monoisotopic (exact) mass is 320 g/mol. The molecule has 0 amide bonds. The first kappa shape index (κ1) is 15.8. The summed E-state index contributed by atoms with van der Waals surface area (Å²) in [5, 5.41) is 31.8. The second kappa shape index (κ2) is 4.90. The van der Waals surface area contributed by atoms with Gasteiger partial charge in [0, 0.05) is 5.41 Å². The molecule has 128 valence electrons. The highest BCUT2D eigenvalue weighted by atomic mass is 16.3. The zero-order valence-electron chi connectivity index (χ0n) is 14.0. The van der Waals surface area contributed by atoms with E-state index in [0.29, 0.717) is 24.7 Å². The van der Waals surface area contributed by atoms with Crippen LogP contribution in [-0.4, -0.2) is 38.9 Å². The molecule has 0 radical (unpaired) electrons. The summed E-state index contributed by atoms with van der Waals surface area (Å²) < 4.78 is 0. The molecule has 0 saturated heterocycles. The number of hydrogen-bond acceptors (Lipinski definition) is 4. The standard InChI is InChI=1S/C19H28O4/c1-18-9-16(22)17-11(13(18)5-6-19(18,2)23)4-3-10-7-14(20)15(21)8-12(10)17/h7,11-13,15-17,21-23H,3-6,8-9H2,1-2H3/t11-,12-,13-,15+,16-,17-,18-,19-/m0/s1. The highest BCUT2D eigenvalue weighted by molar-refractivity contribution is 5.95. The average molecular weight is 320 g/mol. The second-order valence-corrected chi connectivity index (χ2v) is 8.87. The second-order valence-electron chi connectivity index (χ2n) is 8.87. The summed E-state index contributed by atoms with van der Waals surface area (Å²) in [6, 6.07) is 0. The van der Waals surface area contributed by atoms with Crippen molar-refractivity contribution in [2.24, 2.45) is 29.1 Å². The van der Waals surface area contributed by atoms with Crippen LogP contribution >= 0.6 is 0 Å². The molecule has 0 aromatic rings. The van der Waals surface area contributed by atoms with E-state index in [0.717, 1.165) is 31.3 Å². The van der Waals surface area contributed by atoms with Crippen LogP contribution in [0.25, 0.3) is 0 Å². The van der Waals surface area contributed by atoms with Crippen molar-refractivity contribution in [2.75, 3.05) is 0 Å². The summed E-state index contributed by atoms with van der Waals surface area (Å²) in [7, 11) is 0. The number of fused-ring (bicyclic) bond motifs is 5. The van der Waals surface area contributed by atoms with Crippen molar-refractivity contribution < 1.29 is 20.1 Å². The predicted octanol–water partition coefficient (Wildman–Crippen LogP) is 1.82. The summed E-state index contributed by atoms with van der Waals surface area (Å²) in [4.78, 5) is 11.8. The third-order valence-corrected chi connectivity index (χ3v) is 7.92. The first-order valence-electron chi connectivity index (χ1n) is 9.07. The number of carbonyl (C=O) groups excluding carboxylic acids is 1. The quantitative estimate of drug-likeness (QED) is 0.636. The maximum atomic E-state index is 11.8. The van der Waals surface area contributed by atoms with Crippen LogP contribution in [0.1, 0.15) is 52.4 Å². The van der Waals surface area contributed by atoms with Gasteiger partial charge in [0.15, 0.2) is 5.78 Å². The van der Waals surface area contributed by atoms with Crippen molar-refractivity contribution in [3.05, 3.63) is 11.6 Å². The lowest BCUT2D eigenvalue weighted by molar-refractivity contribution is -0.154. The van der Waals surface area contributed by atoms with Gasteiger partial charge in [-0.05, 0) is 75.2 Å². The summed E-state index contributed by atoms with van der Waals surface area (Å²) in [6.07, 6.45) is 5.07. The molecule has 0 aromatic carbocycles. The highest BCUT2D eigenvalue weighted by Gasteiger charge is 2.63. The Balaban J connectivity index is 1.70. The van der Waals surface area contributed by atoms with E-state index in [4.69, 9.17) is 0 Å². The highest BCUT2D eigenvalue weighted by Crippen LogP contribution is 2.64. The van der Waals surface area contributed by atoms with Gasteiger partial charge in [0.2, 0.25) is 0 Å². The fourth-order valence-corrected chi connectivity index (χ4v) is 6.47. The summed E-state index contributed by atoms with van der Waals surface area (Å²) >= 11 is 0. The Morgan fingerprint density at radius 2 is 1.96 bits per heavy atom. The molecule has 4 heteroatoms. The molecule has 4 aliphatic carbocycles. The normalized spacial score (nSPS) is 55.7. The lowest BCUT2D eigenvalue weighted by Gasteiger charge is -2.57. The molecule has 3 N–H and O–H groups in total. The molecule has 0 aromatic heterocycles. The minimum atomic E-state index is -0.908. The zero-order valence-corrected chi connectivity index (χ0v) is 14.0. The Hall–Kier alpha value is -0.710. The van der Waals surface area contributed by atoms with E-state index < -0.39 is 17.8 Å². The van der Waals surface area contributed by atoms with E-state index in [1.165, 1.54) is 0 Å². The summed E-state index contributed by atoms with van der Waals surface area (Å²) in [5.74, 6) is 0.910. The van der Waals surface area contributed by atoms with E-state index >= 15 is 0 Å². The van der Waals surface area contributed by atoms with Gasteiger partial charge in [-0.15, -0.1) is 0 Å². The van der Waals surface area contributed by atoms with Gasteiger partial charge < -0.3 is 15.3 Å². The summed E-state index contributed by atoms with van der Waals surface area (Å²) in [6.45, 7) is 4.08. The Bertz CT molecular complexity index is 566. The molecule has 4 aliphatic rings. The molecular weight excluding hydrogens is 292 g/mol. The van der Waals surface area contributed by atoms with Crippen molar-refractivity contribution in [1.82, 2.24) is 0 Å². The molecule has 3 saturated carbocycles. The van der Waals surface area contributed by atoms with Crippen LogP contribution in [0.15, 0.2) is 11.6 Å². The van der Waals surface area contributed by atoms with E-state index in [9.17, 15) is 20.1 Å². The van der Waals surface area contributed by atoms with Crippen LogP contribution in [0.5, 0.6) is 0 Å². The van der Waals surface area contributed by atoms with E-state index in [1.54, 1.807) is 6.08 Å². The van der Waals surface area contributed by atoms with Crippen molar-refractivity contribution in [3.8, 4) is 0 Å². The molecule has 4 nitrogen and oxygen atoms in total. The Kier molecular flexibility index (Phi) is 3.37. The molecule has 0 heterocycles.